The van der Waals surface area contributed by atoms with Crippen LogP contribution in [-0.4, -0.2) is 22.3 Å². The van der Waals surface area contributed by atoms with Crippen molar-refractivity contribution in [2.75, 3.05) is 5.73 Å². The van der Waals surface area contributed by atoms with E-state index in [1.165, 1.54) is 16.9 Å². The Labute approximate surface area is 114 Å². The predicted molar refractivity (Wildman–Crippen MR) is 74.9 cm³/mol. The maximum absolute atomic E-state index is 11.5. The summed E-state index contributed by atoms with van der Waals surface area (Å²) in [6, 6.07) is 7.81. The first kappa shape index (κ1) is 13.2. The van der Waals surface area contributed by atoms with Crippen molar-refractivity contribution in [2.45, 2.75) is 13.3 Å². The van der Waals surface area contributed by atoms with Crippen molar-refractivity contribution >= 4 is 28.6 Å². The number of nitrogens with two attached hydrogens (primary N) is 1. The Hall–Kier alpha value is -2.28. The summed E-state index contributed by atoms with van der Waals surface area (Å²) < 4.78 is 0. The molecule has 0 atom stereocenters. The highest BCUT2D eigenvalue weighted by atomic mass is 32.1. The van der Waals surface area contributed by atoms with E-state index in [4.69, 9.17) is 5.73 Å². The summed E-state index contributed by atoms with van der Waals surface area (Å²) in [6.45, 7) is 2.01. The molecule has 0 aliphatic carbocycles. The van der Waals surface area contributed by atoms with Gasteiger partial charge < -0.3 is 5.73 Å². The van der Waals surface area contributed by atoms with E-state index in [9.17, 15) is 4.79 Å². The summed E-state index contributed by atoms with van der Waals surface area (Å²) in [5, 5.41) is 12.2. The summed E-state index contributed by atoms with van der Waals surface area (Å²) in [6.07, 6.45) is 1.71. The SMILES string of the molecule is Cc1ccc(/C=N/NC(=O)Cc2nnc(N)s2)cc1. The van der Waals surface area contributed by atoms with Crippen LogP contribution >= 0.6 is 11.3 Å². The number of hydrogen-bond donors (Lipinski definition) is 2. The summed E-state index contributed by atoms with van der Waals surface area (Å²) >= 11 is 1.19. The van der Waals surface area contributed by atoms with Crippen LogP contribution in [0.25, 0.3) is 0 Å². The Morgan fingerprint density at radius 1 is 1.42 bits per heavy atom. The highest BCUT2D eigenvalue weighted by molar-refractivity contribution is 7.15. The minimum atomic E-state index is -0.250. The number of nitrogens with zero attached hydrogens (tertiary/aromatic N) is 3. The maximum atomic E-state index is 11.5. The van der Waals surface area contributed by atoms with Crippen LogP contribution in [-0.2, 0) is 11.2 Å². The largest absolute Gasteiger partial charge is 0.374 e. The number of rotatable bonds is 4. The first-order valence-corrected chi connectivity index (χ1v) is 6.41. The Morgan fingerprint density at radius 2 is 2.16 bits per heavy atom. The van der Waals surface area contributed by atoms with Crippen molar-refractivity contribution < 1.29 is 4.79 Å². The number of nitrogens with one attached hydrogen (secondary N) is 1. The van der Waals surface area contributed by atoms with E-state index >= 15 is 0 Å². The van der Waals surface area contributed by atoms with Gasteiger partial charge in [0.15, 0.2) is 0 Å². The van der Waals surface area contributed by atoms with Gasteiger partial charge in [-0.25, -0.2) is 5.43 Å². The van der Waals surface area contributed by atoms with Crippen LogP contribution in [0.5, 0.6) is 0 Å². The second-order valence-electron chi connectivity index (χ2n) is 3.91. The zero-order valence-electron chi connectivity index (χ0n) is 10.3. The van der Waals surface area contributed by atoms with Gasteiger partial charge in [-0.2, -0.15) is 5.10 Å². The molecule has 0 unspecified atom stereocenters. The fourth-order valence-corrected chi connectivity index (χ4v) is 1.95. The van der Waals surface area contributed by atoms with Gasteiger partial charge in [-0.3, -0.25) is 4.79 Å². The molecule has 7 heteroatoms. The molecule has 2 rings (SSSR count). The first-order chi connectivity index (χ1) is 9.13. The maximum Gasteiger partial charge on any atom is 0.247 e. The summed E-state index contributed by atoms with van der Waals surface area (Å²) in [4.78, 5) is 11.5. The quantitative estimate of drug-likeness (QED) is 0.646. The van der Waals surface area contributed by atoms with E-state index in [1.54, 1.807) is 6.21 Å². The molecule has 1 heterocycles. The molecule has 0 saturated heterocycles. The lowest BCUT2D eigenvalue weighted by Gasteiger charge is -1.97. The topological polar surface area (TPSA) is 93.3 Å². The minimum absolute atomic E-state index is 0.125. The normalized spacial score (nSPS) is 10.8. The lowest BCUT2D eigenvalue weighted by atomic mass is 10.2. The van der Waals surface area contributed by atoms with Crippen molar-refractivity contribution in [3.05, 3.63) is 40.4 Å². The molecule has 0 aliphatic rings. The molecule has 3 N–H and O–H groups in total. The molecule has 98 valence electrons. The smallest absolute Gasteiger partial charge is 0.247 e. The number of amides is 1. The van der Waals surface area contributed by atoms with Gasteiger partial charge in [-0.15, -0.1) is 10.2 Å². The number of hydrogen-bond acceptors (Lipinski definition) is 6. The highest BCUT2D eigenvalue weighted by Crippen LogP contribution is 2.10. The highest BCUT2D eigenvalue weighted by Gasteiger charge is 2.06. The zero-order chi connectivity index (χ0) is 13.7. The van der Waals surface area contributed by atoms with E-state index in [0.717, 1.165) is 5.56 Å². The average Bonchev–Trinajstić information content (AvgIpc) is 2.77. The molecule has 0 radical (unpaired) electrons. The van der Waals surface area contributed by atoms with Crippen molar-refractivity contribution in [3.8, 4) is 0 Å². The van der Waals surface area contributed by atoms with Crippen LogP contribution < -0.4 is 11.2 Å². The number of aryl methyl sites for hydroxylation is 1. The van der Waals surface area contributed by atoms with Crippen LogP contribution in [0.3, 0.4) is 0 Å². The lowest BCUT2D eigenvalue weighted by Crippen LogP contribution is -2.19. The Kier molecular flexibility index (Phi) is 4.19. The number of anilines is 1. The third kappa shape index (κ3) is 4.14. The van der Waals surface area contributed by atoms with Gasteiger partial charge >= 0.3 is 0 Å². The summed E-state index contributed by atoms with van der Waals surface area (Å²) in [5.41, 5.74) is 9.96. The molecule has 1 amide bonds. The van der Waals surface area contributed by atoms with E-state index in [2.05, 4.69) is 20.7 Å². The third-order valence-electron chi connectivity index (χ3n) is 2.27. The molecule has 0 saturated carbocycles. The summed E-state index contributed by atoms with van der Waals surface area (Å²) in [5.74, 6) is -0.250. The molecule has 0 bridgehead atoms. The Balaban J connectivity index is 1.84. The molecule has 2 aromatic rings. The molecule has 0 spiro atoms. The van der Waals surface area contributed by atoms with Crippen LogP contribution in [0.1, 0.15) is 16.1 Å². The van der Waals surface area contributed by atoms with Crippen LogP contribution in [0, 0.1) is 6.92 Å². The standard InChI is InChI=1S/C12H13N5OS/c1-8-2-4-9(5-3-8)7-14-15-10(18)6-11-16-17-12(13)19-11/h2-5,7H,6H2,1H3,(H2,13,17)(H,15,18)/b14-7+. The zero-order valence-corrected chi connectivity index (χ0v) is 11.1. The van der Waals surface area contributed by atoms with E-state index < -0.39 is 0 Å². The molecule has 0 aliphatic heterocycles. The minimum Gasteiger partial charge on any atom is -0.374 e. The number of hydrazone groups is 1. The van der Waals surface area contributed by atoms with Crippen LogP contribution in [0.15, 0.2) is 29.4 Å². The second kappa shape index (κ2) is 6.05. The average molecular weight is 275 g/mol. The number of benzene rings is 1. The number of carbonyl (C=O) groups excluding carboxylic acids is 1. The van der Waals surface area contributed by atoms with E-state index in [1.807, 2.05) is 31.2 Å². The van der Waals surface area contributed by atoms with Gasteiger partial charge in [0.05, 0.1) is 12.6 Å². The van der Waals surface area contributed by atoms with Crippen LogP contribution in [0.2, 0.25) is 0 Å². The van der Waals surface area contributed by atoms with Crippen molar-refractivity contribution in [2.24, 2.45) is 5.10 Å². The number of aromatic nitrogens is 2. The van der Waals surface area contributed by atoms with E-state index in [0.29, 0.717) is 10.1 Å². The van der Waals surface area contributed by atoms with Crippen LogP contribution in [0.4, 0.5) is 5.13 Å². The molecule has 19 heavy (non-hydrogen) atoms. The van der Waals surface area contributed by atoms with Gasteiger partial charge in [0, 0.05) is 0 Å². The summed E-state index contributed by atoms with van der Waals surface area (Å²) in [7, 11) is 0. The molecule has 0 fully saturated rings. The number of nitrogen functional groups attached to an aromatic ring is 1. The van der Waals surface area contributed by atoms with Gasteiger partial charge in [0.25, 0.3) is 0 Å². The predicted octanol–water partition coefficient (Wildman–Crippen LogP) is 1.12. The van der Waals surface area contributed by atoms with E-state index in [-0.39, 0.29) is 12.3 Å². The monoisotopic (exact) mass is 275 g/mol. The first-order valence-electron chi connectivity index (χ1n) is 5.60. The van der Waals surface area contributed by atoms with Crippen molar-refractivity contribution in [3.63, 3.8) is 0 Å². The van der Waals surface area contributed by atoms with Crippen molar-refractivity contribution in [1.29, 1.82) is 0 Å². The molecule has 1 aromatic heterocycles. The molecular formula is C12H13N5OS. The molecular weight excluding hydrogens is 262 g/mol. The third-order valence-corrected chi connectivity index (χ3v) is 3.03. The van der Waals surface area contributed by atoms with Gasteiger partial charge in [0.2, 0.25) is 11.0 Å². The Morgan fingerprint density at radius 3 is 2.79 bits per heavy atom. The van der Waals surface area contributed by atoms with Gasteiger partial charge in [-0.1, -0.05) is 41.2 Å². The fraction of sp³-hybridized carbons (Fsp3) is 0.167. The molecule has 1 aromatic carbocycles. The van der Waals surface area contributed by atoms with Gasteiger partial charge in [-0.05, 0) is 12.5 Å². The fourth-order valence-electron chi connectivity index (χ4n) is 1.35. The second-order valence-corrected chi connectivity index (χ2v) is 5.01. The lowest BCUT2D eigenvalue weighted by molar-refractivity contribution is -0.120. The van der Waals surface area contributed by atoms with Gasteiger partial charge in [0.1, 0.15) is 5.01 Å². The Bertz CT molecular complexity index is 590. The van der Waals surface area contributed by atoms with Crippen molar-refractivity contribution in [1.82, 2.24) is 15.6 Å². The number of carbonyl (C=O) groups is 1. The molecule has 6 nitrogen and oxygen atoms in total.